The van der Waals surface area contributed by atoms with Gasteiger partial charge in [-0.25, -0.2) is 0 Å². The van der Waals surface area contributed by atoms with Crippen LogP contribution in [0.3, 0.4) is 0 Å². The van der Waals surface area contributed by atoms with Crippen molar-refractivity contribution in [3.8, 4) is 0 Å². The quantitative estimate of drug-likeness (QED) is 0.741. The number of amides is 1. The number of carbonyl (C=O) groups is 1. The Morgan fingerprint density at radius 1 is 1.43 bits per heavy atom. The molecule has 3 nitrogen and oxygen atoms in total. The highest BCUT2D eigenvalue weighted by molar-refractivity contribution is 5.76. The molecule has 2 N–H and O–H groups in total. The first-order chi connectivity index (χ1) is 6.50. The maximum Gasteiger partial charge on any atom is 0.222 e. The molecule has 0 saturated carbocycles. The topological polar surface area (TPSA) is 46.3 Å². The van der Waals surface area contributed by atoms with Crippen LogP contribution < -0.4 is 5.73 Å². The summed E-state index contributed by atoms with van der Waals surface area (Å²) in [6.45, 7) is 8.23. The first-order valence-electron chi connectivity index (χ1n) is 5.54. The van der Waals surface area contributed by atoms with Gasteiger partial charge in [0.15, 0.2) is 0 Å². The molecule has 3 heteroatoms. The van der Waals surface area contributed by atoms with Gasteiger partial charge in [-0.3, -0.25) is 4.79 Å². The van der Waals surface area contributed by atoms with Gasteiger partial charge in [-0.1, -0.05) is 13.8 Å². The maximum absolute atomic E-state index is 11.7. The van der Waals surface area contributed by atoms with Gasteiger partial charge in [0.25, 0.3) is 0 Å². The summed E-state index contributed by atoms with van der Waals surface area (Å²) in [5, 5.41) is 0. The minimum atomic E-state index is 0.136. The summed E-state index contributed by atoms with van der Waals surface area (Å²) >= 11 is 0. The van der Waals surface area contributed by atoms with Crippen LogP contribution in [0.2, 0.25) is 0 Å². The Morgan fingerprint density at radius 3 is 2.36 bits per heavy atom. The molecule has 0 aromatic rings. The molecular weight excluding hydrogens is 176 g/mol. The summed E-state index contributed by atoms with van der Waals surface area (Å²) in [6, 6.07) is 0.136. The van der Waals surface area contributed by atoms with E-state index < -0.39 is 0 Å². The monoisotopic (exact) mass is 198 g/mol. The first-order valence-corrected chi connectivity index (χ1v) is 5.54. The number of hydrogen-bond acceptors (Lipinski definition) is 2. The van der Waals surface area contributed by atoms with Gasteiger partial charge in [-0.05, 0) is 25.2 Å². The molecule has 1 fully saturated rings. The van der Waals surface area contributed by atoms with E-state index in [4.69, 9.17) is 5.73 Å². The van der Waals surface area contributed by atoms with Crippen molar-refractivity contribution in [3.05, 3.63) is 0 Å². The summed E-state index contributed by atoms with van der Waals surface area (Å²) in [6.07, 6.45) is 1.41. The number of nitrogens with two attached hydrogens (primary N) is 1. The van der Waals surface area contributed by atoms with Gasteiger partial charge >= 0.3 is 0 Å². The van der Waals surface area contributed by atoms with Crippen molar-refractivity contribution >= 4 is 5.91 Å². The minimum absolute atomic E-state index is 0.136. The molecule has 0 spiro atoms. The van der Waals surface area contributed by atoms with Gasteiger partial charge in [0.05, 0.1) is 0 Å². The molecule has 0 radical (unpaired) electrons. The lowest BCUT2D eigenvalue weighted by molar-refractivity contribution is -0.130. The fourth-order valence-electron chi connectivity index (χ4n) is 1.84. The van der Waals surface area contributed by atoms with Gasteiger partial charge in [0.1, 0.15) is 0 Å². The Labute approximate surface area is 86.6 Å². The van der Waals surface area contributed by atoms with E-state index >= 15 is 0 Å². The number of carbonyl (C=O) groups excluding carboxylic acids is 1. The van der Waals surface area contributed by atoms with Crippen molar-refractivity contribution in [2.24, 2.45) is 17.6 Å². The number of likely N-dealkylation sites (tertiary alicyclic amines) is 1. The SMILES string of the molecule is CC(N)CCC(=O)N1CC(C)C(C)C1. The Morgan fingerprint density at radius 2 is 1.93 bits per heavy atom. The van der Waals surface area contributed by atoms with E-state index in [2.05, 4.69) is 13.8 Å². The second kappa shape index (κ2) is 4.78. The van der Waals surface area contributed by atoms with Crippen LogP contribution in [0.1, 0.15) is 33.6 Å². The van der Waals surface area contributed by atoms with Crippen LogP contribution in [0.4, 0.5) is 0 Å². The Hall–Kier alpha value is -0.570. The lowest BCUT2D eigenvalue weighted by Gasteiger charge is -2.16. The predicted molar refractivity (Wildman–Crippen MR) is 57.8 cm³/mol. The van der Waals surface area contributed by atoms with Crippen molar-refractivity contribution in [2.45, 2.75) is 39.7 Å². The van der Waals surface area contributed by atoms with Crippen LogP contribution >= 0.6 is 0 Å². The van der Waals surface area contributed by atoms with Crippen molar-refractivity contribution in [1.29, 1.82) is 0 Å². The number of rotatable bonds is 3. The van der Waals surface area contributed by atoms with Crippen molar-refractivity contribution in [3.63, 3.8) is 0 Å². The standard InChI is InChI=1S/C11H22N2O/c1-8-6-13(7-9(8)2)11(14)5-4-10(3)12/h8-10H,4-7,12H2,1-3H3. The Balaban J connectivity index is 2.32. The molecule has 0 aromatic carbocycles. The van der Waals surface area contributed by atoms with Crippen LogP contribution in [-0.4, -0.2) is 29.9 Å². The molecule has 0 aromatic heterocycles. The normalized spacial score (nSPS) is 29.3. The Bertz CT molecular complexity index is 193. The molecule has 1 saturated heterocycles. The molecule has 0 aliphatic carbocycles. The van der Waals surface area contributed by atoms with E-state index in [1.165, 1.54) is 0 Å². The number of hydrogen-bond donors (Lipinski definition) is 1. The lowest BCUT2D eigenvalue weighted by Crippen LogP contribution is -2.30. The zero-order valence-electron chi connectivity index (χ0n) is 9.49. The lowest BCUT2D eigenvalue weighted by atomic mass is 10.0. The van der Waals surface area contributed by atoms with E-state index in [-0.39, 0.29) is 11.9 Å². The highest BCUT2D eigenvalue weighted by Gasteiger charge is 2.28. The maximum atomic E-state index is 11.7. The molecular formula is C11H22N2O. The molecule has 3 atom stereocenters. The van der Waals surface area contributed by atoms with Crippen molar-refractivity contribution < 1.29 is 4.79 Å². The minimum Gasteiger partial charge on any atom is -0.342 e. The molecule has 1 heterocycles. The highest BCUT2D eigenvalue weighted by Crippen LogP contribution is 2.22. The zero-order valence-corrected chi connectivity index (χ0v) is 9.49. The average Bonchev–Trinajstić information content (AvgIpc) is 2.43. The Kier molecular flexibility index (Phi) is 3.93. The van der Waals surface area contributed by atoms with Gasteiger partial charge in [0.2, 0.25) is 5.91 Å². The third-order valence-corrected chi connectivity index (χ3v) is 3.15. The van der Waals surface area contributed by atoms with Crippen LogP contribution in [-0.2, 0) is 4.79 Å². The predicted octanol–water partition coefficient (Wildman–Crippen LogP) is 1.23. The van der Waals surface area contributed by atoms with Crippen molar-refractivity contribution in [1.82, 2.24) is 4.90 Å². The second-order valence-electron chi connectivity index (χ2n) is 4.77. The average molecular weight is 198 g/mol. The fourth-order valence-corrected chi connectivity index (χ4v) is 1.84. The van der Waals surface area contributed by atoms with Gasteiger partial charge in [-0.15, -0.1) is 0 Å². The van der Waals surface area contributed by atoms with Crippen LogP contribution in [0, 0.1) is 11.8 Å². The van der Waals surface area contributed by atoms with E-state index in [1.807, 2.05) is 11.8 Å². The van der Waals surface area contributed by atoms with Gasteiger partial charge in [-0.2, -0.15) is 0 Å². The largest absolute Gasteiger partial charge is 0.342 e. The first kappa shape index (κ1) is 11.5. The van der Waals surface area contributed by atoms with E-state index in [9.17, 15) is 4.79 Å². The molecule has 82 valence electrons. The summed E-state index contributed by atoms with van der Waals surface area (Å²) in [5.74, 6) is 1.57. The summed E-state index contributed by atoms with van der Waals surface area (Å²) in [5.41, 5.74) is 5.62. The summed E-state index contributed by atoms with van der Waals surface area (Å²) in [7, 11) is 0. The fraction of sp³-hybridized carbons (Fsp3) is 0.909. The third kappa shape index (κ3) is 2.98. The molecule has 1 rings (SSSR count). The van der Waals surface area contributed by atoms with E-state index in [0.717, 1.165) is 19.5 Å². The van der Waals surface area contributed by atoms with Crippen LogP contribution in [0.5, 0.6) is 0 Å². The smallest absolute Gasteiger partial charge is 0.222 e. The van der Waals surface area contributed by atoms with Crippen LogP contribution in [0.25, 0.3) is 0 Å². The van der Waals surface area contributed by atoms with Gasteiger partial charge < -0.3 is 10.6 Å². The summed E-state index contributed by atoms with van der Waals surface area (Å²) in [4.78, 5) is 13.7. The van der Waals surface area contributed by atoms with Gasteiger partial charge in [0, 0.05) is 25.6 Å². The van der Waals surface area contributed by atoms with E-state index in [1.54, 1.807) is 0 Å². The van der Waals surface area contributed by atoms with Crippen molar-refractivity contribution in [2.75, 3.05) is 13.1 Å². The molecule has 1 amide bonds. The number of nitrogens with zero attached hydrogens (tertiary/aromatic N) is 1. The molecule has 3 unspecified atom stereocenters. The second-order valence-corrected chi connectivity index (χ2v) is 4.77. The zero-order chi connectivity index (χ0) is 10.7. The highest BCUT2D eigenvalue weighted by atomic mass is 16.2. The molecule has 1 aliphatic heterocycles. The third-order valence-electron chi connectivity index (χ3n) is 3.15. The molecule has 0 bridgehead atoms. The molecule has 1 aliphatic rings. The molecule has 14 heavy (non-hydrogen) atoms. The van der Waals surface area contributed by atoms with Crippen LogP contribution in [0.15, 0.2) is 0 Å². The summed E-state index contributed by atoms with van der Waals surface area (Å²) < 4.78 is 0. The van der Waals surface area contributed by atoms with E-state index in [0.29, 0.717) is 18.3 Å².